The molecule has 110 heavy (non-hydrogen) atoms. The second-order valence-corrected chi connectivity index (χ2v) is 30.3. The topological polar surface area (TPSA) is 265 Å². The number of rotatable bonds is 21. The first-order valence-corrected chi connectivity index (χ1v) is 38.5. The molecular weight excluding hydrogens is 1420 g/mol. The van der Waals surface area contributed by atoms with Gasteiger partial charge >= 0.3 is 0 Å². The van der Waals surface area contributed by atoms with Gasteiger partial charge in [-0.3, -0.25) is 34.2 Å². The number of halogens is 1. The number of anilines is 2. The molecule has 10 aromatic rings. The summed E-state index contributed by atoms with van der Waals surface area (Å²) in [4.78, 5) is 88.4. The van der Waals surface area contributed by atoms with Crippen LogP contribution in [0.2, 0.25) is 5.15 Å². The van der Waals surface area contributed by atoms with Gasteiger partial charge in [0, 0.05) is 136 Å². The van der Waals surface area contributed by atoms with Gasteiger partial charge in [-0.1, -0.05) is 35.9 Å². The summed E-state index contributed by atoms with van der Waals surface area (Å²) in [6, 6.07) is 30.8. The van der Waals surface area contributed by atoms with Crippen molar-refractivity contribution in [2.75, 3.05) is 122 Å². The Morgan fingerprint density at radius 1 is 0.464 bits per heavy atom. The van der Waals surface area contributed by atoms with Gasteiger partial charge in [-0.2, -0.15) is 4.98 Å². The first-order chi connectivity index (χ1) is 53.3. The molecule has 28 nitrogen and oxygen atoms in total. The van der Waals surface area contributed by atoms with Crippen LogP contribution in [-0.2, 0) is 45.0 Å². The molecule has 17 rings (SSSR count). The van der Waals surface area contributed by atoms with Crippen molar-refractivity contribution in [2.45, 2.75) is 96.4 Å². The van der Waals surface area contributed by atoms with Crippen LogP contribution in [0, 0.1) is 17.8 Å². The molecule has 15 heterocycles. The molecule has 2 aromatic carbocycles. The molecule has 1 N–H and O–H groups in total. The number of likely N-dealkylation sites (tertiary alicyclic amines) is 2. The van der Waals surface area contributed by atoms with E-state index in [-0.39, 0.29) is 65.9 Å². The molecule has 578 valence electrons. The van der Waals surface area contributed by atoms with E-state index in [2.05, 4.69) is 63.9 Å². The summed E-state index contributed by atoms with van der Waals surface area (Å²) in [5.41, 5.74) is 12.2. The normalized spacial score (nSPS) is 20.7. The van der Waals surface area contributed by atoms with Gasteiger partial charge in [-0.05, 0) is 106 Å². The van der Waals surface area contributed by atoms with E-state index in [1.165, 1.54) is 0 Å². The predicted octanol–water partition coefficient (Wildman–Crippen LogP) is 9.40. The lowest BCUT2D eigenvalue weighted by Crippen LogP contribution is -2.56. The van der Waals surface area contributed by atoms with Crippen molar-refractivity contribution >= 4 is 73.8 Å². The Morgan fingerprint density at radius 2 is 0.855 bits per heavy atom. The Morgan fingerprint density at radius 3 is 1.21 bits per heavy atom. The molecule has 8 atom stereocenters. The number of amides is 3. The summed E-state index contributed by atoms with van der Waals surface area (Å²) >= 11 is 6.14. The Hall–Kier alpha value is -10.3. The molecule has 0 aliphatic carbocycles. The lowest BCUT2D eigenvalue weighted by Gasteiger charge is -2.43. The highest BCUT2D eigenvalue weighted by Crippen LogP contribution is 2.38. The van der Waals surface area contributed by atoms with Gasteiger partial charge in [0.25, 0.3) is 0 Å². The number of nitrogens with one attached hydrogen (secondary N) is 1. The number of imidazole rings is 3. The van der Waals surface area contributed by atoms with Crippen LogP contribution in [0.1, 0.15) is 77.1 Å². The number of methoxy groups -OCH3 is 2. The maximum atomic E-state index is 13.1. The molecule has 29 heteroatoms. The van der Waals surface area contributed by atoms with E-state index in [0.29, 0.717) is 79.5 Å². The number of ether oxygens (including phenoxy) is 7. The SMILES string of the molecule is COc1ccc([C@@H](C)N2C[C@H]([C@@H](C)Oc3nc(-c4ccc(N5CCN(C6COC6)CC5)cn4)cc4ncn(C)c34)CC2=O)cc1.COc1ccc([C@@H](C)N2C[C@H]([C@@H](C)Oc3nc(Cl)cc4ncn(C)c34)CC2=O)cc1.C[C@@H](Oc1nc(-c2ccc(N3CCN(C4COC4)CC3)cn2)cc2ncn(C)c12)[C@H]1CNC(=O)C1. The largest absolute Gasteiger partial charge is 0.497 e. The van der Waals surface area contributed by atoms with E-state index >= 15 is 0 Å². The van der Waals surface area contributed by atoms with Crippen molar-refractivity contribution in [1.29, 1.82) is 0 Å². The third-order valence-corrected chi connectivity index (χ3v) is 23.2. The van der Waals surface area contributed by atoms with Crippen LogP contribution in [0.5, 0.6) is 29.1 Å². The summed E-state index contributed by atoms with van der Waals surface area (Å²) in [5.74, 6) is 3.60. The Bertz CT molecular complexity index is 4890. The van der Waals surface area contributed by atoms with Crippen molar-refractivity contribution in [2.24, 2.45) is 38.9 Å². The second kappa shape index (κ2) is 32.7. The van der Waals surface area contributed by atoms with Gasteiger partial charge in [0.15, 0.2) is 0 Å². The zero-order valence-corrected chi connectivity index (χ0v) is 64.9. The molecule has 0 bridgehead atoms. The lowest BCUT2D eigenvalue weighted by atomic mass is 10.0. The molecule has 7 fully saturated rings. The maximum absolute atomic E-state index is 13.1. The summed E-state index contributed by atoms with van der Waals surface area (Å²) in [6.07, 6.45) is 9.87. The minimum atomic E-state index is -0.233. The number of carbonyl (C=O) groups excluding carboxylic acids is 3. The molecular formula is C81H97ClN18O10. The van der Waals surface area contributed by atoms with Gasteiger partial charge in [0.2, 0.25) is 35.4 Å². The average Bonchev–Trinajstić information content (AvgIpc) is 1.59. The Balaban J connectivity index is 0.000000134. The van der Waals surface area contributed by atoms with Crippen molar-refractivity contribution in [3.05, 3.63) is 139 Å². The quantitative estimate of drug-likeness (QED) is 0.0656. The fraction of sp³-hybridized carbons (Fsp3) is 0.469. The van der Waals surface area contributed by atoms with E-state index in [4.69, 9.17) is 64.7 Å². The number of piperazine rings is 2. The van der Waals surface area contributed by atoms with Crippen LogP contribution >= 0.6 is 11.6 Å². The molecule has 7 aliphatic rings. The van der Waals surface area contributed by atoms with Crippen molar-refractivity contribution < 1.29 is 47.5 Å². The first kappa shape index (κ1) is 75.2. The molecule has 0 unspecified atom stereocenters. The van der Waals surface area contributed by atoms with E-state index in [0.717, 1.165) is 163 Å². The smallest absolute Gasteiger partial charge is 0.241 e. The minimum absolute atomic E-state index is 0.0197. The number of aryl methyl sites for hydroxylation is 3. The van der Waals surface area contributed by atoms with Crippen LogP contribution in [0.3, 0.4) is 0 Å². The summed E-state index contributed by atoms with van der Waals surface area (Å²) in [7, 11) is 9.05. The van der Waals surface area contributed by atoms with Crippen LogP contribution < -0.4 is 38.8 Å². The van der Waals surface area contributed by atoms with Gasteiger partial charge in [-0.25, -0.2) is 24.9 Å². The molecule has 7 aliphatic heterocycles. The predicted molar refractivity (Wildman–Crippen MR) is 418 cm³/mol. The fourth-order valence-corrected chi connectivity index (χ4v) is 15.9. The number of pyridine rings is 5. The minimum Gasteiger partial charge on any atom is -0.497 e. The number of benzene rings is 2. The van der Waals surface area contributed by atoms with Gasteiger partial charge < -0.3 is 71.8 Å². The maximum Gasteiger partial charge on any atom is 0.241 e. The molecule has 0 saturated carbocycles. The van der Waals surface area contributed by atoms with Crippen LogP contribution in [-0.4, -0.2) is 234 Å². The highest BCUT2D eigenvalue weighted by molar-refractivity contribution is 6.30. The Labute approximate surface area is 644 Å². The van der Waals surface area contributed by atoms with Crippen LogP contribution in [0.25, 0.3) is 55.9 Å². The van der Waals surface area contributed by atoms with Crippen LogP contribution in [0.4, 0.5) is 11.4 Å². The monoisotopic (exact) mass is 1520 g/mol. The molecule has 0 spiro atoms. The molecule has 3 amide bonds. The number of hydrogen-bond acceptors (Lipinski definition) is 22. The highest BCUT2D eigenvalue weighted by atomic mass is 35.5. The van der Waals surface area contributed by atoms with E-state index in [1.54, 1.807) is 39.3 Å². The van der Waals surface area contributed by atoms with Crippen molar-refractivity contribution in [3.63, 3.8) is 0 Å². The molecule has 8 aromatic heterocycles. The van der Waals surface area contributed by atoms with Gasteiger partial charge in [0.05, 0.1) is 147 Å². The summed E-state index contributed by atoms with van der Waals surface area (Å²) in [5, 5.41) is 3.22. The van der Waals surface area contributed by atoms with E-state index < -0.39 is 0 Å². The van der Waals surface area contributed by atoms with Gasteiger partial charge in [0.1, 0.15) is 51.5 Å². The van der Waals surface area contributed by atoms with Gasteiger partial charge in [-0.15, -0.1) is 0 Å². The second-order valence-electron chi connectivity index (χ2n) is 29.9. The first-order valence-electron chi connectivity index (χ1n) is 38.1. The Kier molecular flexibility index (Phi) is 22.4. The number of nitrogens with zero attached hydrogens (tertiary/aromatic N) is 17. The summed E-state index contributed by atoms with van der Waals surface area (Å²) < 4.78 is 46.0. The standard InChI is InChI=1S/C34H41N7O4.C25H31N7O3.C22H25ClN4O3/c1-22(24-5-8-28(43-4)9-6-24)41-18-25(15-32(41)42)23(2)45-34-33-31(36-21-38(33)3)16-30(37-34)29-10-7-26(17-35-29)39-11-13-40(14-12-39)27-19-44-20-27;1-16(17-9-23(33)27-11-17)35-25-24-22(28-15-30(24)2)10-21(29-25)20-4-3-18(12-26-20)31-5-7-32(8-6-31)19-13-34-14-19;1-13(15-5-7-17(29-4)8-6-15)27-11-16(9-20(27)28)14(2)30-22-21-18(10-19(23)25-22)24-12-26(21)3/h5-10,16-17,21-23,25,27H,11-15,18-20H2,1-4H3;3-4,10,12,15-17,19H,5-9,11,13-14H2,1-2H3,(H,27,33);5-8,10,12-14,16H,9,11H2,1-4H3/t22-,23-,25-;16-,17-;13-,14-,16-/m111/s1. The third kappa shape index (κ3) is 16.2. The number of aromatic nitrogens is 11. The fourth-order valence-electron chi connectivity index (χ4n) is 15.7. The number of hydrogen-bond donors (Lipinski definition) is 1. The zero-order chi connectivity index (χ0) is 76.4. The highest BCUT2D eigenvalue weighted by Gasteiger charge is 2.40. The molecule has 7 saturated heterocycles. The molecule has 0 radical (unpaired) electrons. The third-order valence-electron chi connectivity index (χ3n) is 23.0. The average molecular weight is 1520 g/mol. The summed E-state index contributed by atoms with van der Waals surface area (Å²) in [6.45, 7) is 23.5. The van der Waals surface area contributed by atoms with Crippen molar-refractivity contribution in [3.8, 4) is 51.9 Å². The van der Waals surface area contributed by atoms with Crippen LogP contribution in [0.15, 0.2) is 122 Å². The number of carbonyl (C=O) groups is 3. The zero-order valence-electron chi connectivity index (χ0n) is 64.1. The van der Waals surface area contributed by atoms with E-state index in [1.807, 2.05) is 158 Å². The van der Waals surface area contributed by atoms with Crippen molar-refractivity contribution in [1.82, 2.24) is 78.5 Å². The number of fused-ring (bicyclic) bond motifs is 3. The lowest BCUT2D eigenvalue weighted by molar-refractivity contribution is -0.130. The van der Waals surface area contributed by atoms with E-state index in [9.17, 15) is 14.4 Å².